The first kappa shape index (κ1) is 17.0. The number of methoxy groups -OCH3 is 2. The number of imidazole rings is 1. The first-order valence-electron chi connectivity index (χ1n) is 8.30. The zero-order valence-corrected chi connectivity index (χ0v) is 14.6. The number of hydrogen-bond donors (Lipinski definition) is 2. The van der Waals surface area contributed by atoms with Crippen LogP contribution in [0.1, 0.15) is 11.1 Å². The van der Waals surface area contributed by atoms with E-state index in [4.69, 9.17) is 9.47 Å². The van der Waals surface area contributed by atoms with E-state index in [-0.39, 0.29) is 0 Å². The van der Waals surface area contributed by atoms with Crippen LogP contribution in [0.15, 0.2) is 55.0 Å². The highest BCUT2D eigenvalue weighted by Crippen LogP contribution is 2.35. The molecule has 0 bridgehead atoms. The summed E-state index contributed by atoms with van der Waals surface area (Å²) < 4.78 is 11.1. The highest BCUT2D eigenvalue weighted by molar-refractivity contribution is 5.70. The predicted octanol–water partition coefficient (Wildman–Crippen LogP) is 3.43. The minimum Gasteiger partial charge on any atom is -0.496 e. The van der Waals surface area contributed by atoms with Gasteiger partial charge in [-0.25, -0.2) is 4.98 Å². The van der Waals surface area contributed by atoms with E-state index < -0.39 is 0 Å². The molecule has 2 N–H and O–H groups in total. The van der Waals surface area contributed by atoms with Crippen LogP contribution in [0.3, 0.4) is 0 Å². The van der Waals surface area contributed by atoms with Crippen LogP contribution in [0.5, 0.6) is 11.5 Å². The van der Waals surface area contributed by atoms with Crippen molar-refractivity contribution in [3.8, 4) is 22.8 Å². The molecule has 0 aliphatic carbocycles. The van der Waals surface area contributed by atoms with E-state index in [1.54, 1.807) is 26.7 Å². The minimum atomic E-state index is 0.808. The third-order valence-electron chi connectivity index (χ3n) is 4.13. The van der Waals surface area contributed by atoms with Gasteiger partial charge in [-0.2, -0.15) is 0 Å². The Labute approximate surface area is 148 Å². The molecule has 0 fully saturated rings. The van der Waals surface area contributed by atoms with Crippen LogP contribution < -0.4 is 14.8 Å². The van der Waals surface area contributed by atoms with Crippen molar-refractivity contribution < 1.29 is 9.47 Å². The van der Waals surface area contributed by atoms with Crippen molar-refractivity contribution in [1.29, 1.82) is 0 Å². The SMILES string of the molecule is COc1cc(-c2cnc[nH]2)c(OC)cc1CCNCc1ccccc1. The van der Waals surface area contributed by atoms with Crippen LogP contribution in [0.4, 0.5) is 0 Å². The number of hydrogen-bond acceptors (Lipinski definition) is 4. The molecule has 0 saturated heterocycles. The van der Waals surface area contributed by atoms with Crippen molar-refractivity contribution in [2.75, 3.05) is 20.8 Å². The summed E-state index contributed by atoms with van der Waals surface area (Å²) in [4.78, 5) is 7.19. The van der Waals surface area contributed by atoms with E-state index in [0.717, 1.165) is 47.8 Å². The van der Waals surface area contributed by atoms with Crippen LogP contribution in [-0.2, 0) is 13.0 Å². The summed E-state index contributed by atoms with van der Waals surface area (Å²) in [5.41, 5.74) is 4.24. The van der Waals surface area contributed by atoms with Gasteiger partial charge in [-0.15, -0.1) is 0 Å². The van der Waals surface area contributed by atoms with Gasteiger partial charge in [0.2, 0.25) is 0 Å². The van der Waals surface area contributed by atoms with Gasteiger partial charge in [-0.3, -0.25) is 0 Å². The average Bonchev–Trinajstić information content (AvgIpc) is 3.20. The van der Waals surface area contributed by atoms with Gasteiger partial charge in [-0.1, -0.05) is 30.3 Å². The molecule has 1 aromatic heterocycles. The van der Waals surface area contributed by atoms with Gasteiger partial charge in [0.25, 0.3) is 0 Å². The molecule has 3 aromatic rings. The molecule has 1 heterocycles. The second-order valence-electron chi connectivity index (χ2n) is 5.74. The first-order valence-corrected chi connectivity index (χ1v) is 8.30. The van der Waals surface area contributed by atoms with Crippen LogP contribution in [0, 0.1) is 0 Å². The van der Waals surface area contributed by atoms with Crippen molar-refractivity contribution in [3.05, 3.63) is 66.1 Å². The maximum absolute atomic E-state index is 5.58. The fourth-order valence-corrected chi connectivity index (χ4v) is 2.82. The molecule has 3 rings (SSSR count). The van der Waals surface area contributed by atoms with Crippen molar-refractivity contribution in [1.82, 2.24) is 15.3 Å². The second-order valence-corrected chi connectivity index (χ2v) is 5.74. The minimum absolute atomic E-state index is 0.808. The van der Waals surface area contributed by atoms with E-state index in [1.165, 1.54) is 5.56 Å². The molecule has 0 saturated carbocycles. The molecule has 0 radical (unpaired) electrons. The predicted molar refractivity (Wildman–Crippen MR) is 99.0 cm³/mol. The van der Waals surface area contributed by atoms with Gasteiger partial charge >= 0.3 is 0 Å². The number of nitrogens with zero attached hydrogens (tertiary/aromatic N) is 1. The topological polar surface area (TPSA) is 59.2 Å². The summed E-state index contributed by atoms with van der Waals surface area (Å²) in [5.74, 6) is 1.66. The third kappa shape index (κ3) is 4.19. The highest BCUT2D eigenvalue weighted by atomic mass is 16.5. The zero-order valence-electron chi connectivity index (χ0n) is 14.6. The maximum atomic E-state index is 5.58. The van der Waals surface area contributed by atoms with Gasteiger partial charge in [-0.05, 0) is 36.2 Å². The molecule has 25 heavy (non-hydrogen) atoms. The fourth-order valence-electron chi connectivity index (χ4n) is 2.82. The second kappa shape index (κ2) is 8.35. The molecule has 0 spiro atoms. The van der Waals surface area contributed by atoms with Crippen molar-refractivity contribution >= 4 is 0 Å². The summed E-state index contributed by atoms with van der Waals surface area (Å²) in [7, 11) is 3.37. The van der Waals surface area contributed by atoms with E-state index in [2.05, 4.69) is 39.6 Å². The standard InChI is InChI=1S/C20H23N3O2/c1-24-19-11-17(18-13-22-14-23-18)20(25-2)10-16(19)8-9-21-12-15-6-4-3-5-7-15/h3-7,10-11,13-14,21H,8-9,12H2,1-2H3,(H,22,23). The van der Waals surface area contributed by atoms with E-state index in [9.17, 15) is 0 Å². The van der Waals surface area contributed by atoms with Crippen LogP contribution in [0.25, 0.3) is 11.3 Å². The van der Waals surface area contributed by atoms with Gasteiger partial charge < -0.3 is 19.8 Å². The molecule has 0 amide bonds. The zero-order chi connectivity index (χ0) is 17.5. The Morgan fingerprint density at radius 3 is 2.52 bits per heavy atom. The highest BCUT2D eigenvalue weighted by Gasteiger charge is 2.13. The van der Waals surface area contributed by atoms with E-state index in [1.807, 2.05) is 18.2 Å². The van der Waals surface area contributed by atoms with Crippen molar-refractivity contribution in [2.24, 2.45) is 0 Å². The molecular weight excluding hydrogens is 314 g/mol. The Hall–Kier alpha value is -2.79. The molecular formula is C20H23N3O2. The number of ether oxygens (including phenoxy) is 2. The Morgan fingerprint density at radius 2 is 1.84 bits per heavy atom. The monoisotopic (exact) mass is 337 g/mol. The molecule has 5 heteroatoms. The number of aromatic amines is 1. The maximum Gasteiger partial charge on any atom is 0.128 e. The fraction of sp³-hybridized carbons (Fsp3) is 0.250. The van der Waals surface area contributed by atoms with Gasteiger partial charge in [0.15, 0.2) is 0 Å². The molecule has 5 nitrogen and oxygen atoms in total. The number of rotatable bonds is 8. The summed E-state index contributed by atoms with van der Waals surface area (Å²) in [6.07, 6.45) is 4.29. The molecule has 2 aromatic carbocycles. The number of aromatic nitrogens is 2. The van der Waals surface area contributed by atoms with Crippen LogP contribution >= 0.6 is 0 Å². The Bertz CT molecular complexity index is 786. The van der Waals surface area contributed by atoms with E-state index >= 15 is 0 Å². The lowest BCUT2D eigenvalue weighted by Crippen LogP contribution is -2.17. The average molecular weight is 337 g/mol. The normalized spacial score (nSPS) is 10.6. The molecule has 0 unspecified atom stereocenters. The van der Waals surface area contributed by atoms with E-state index in [0.29, 0.717) is 0 Å². The lowest BCUT2D eigenvalue weighted by atomic mass is 10.0. The first-order chi connectivity index (χ1) is 12.3. The van der Waals surface area contributed by atoms with Gasteiger partial charge in [0.1, 0.15) is 11.5 Å². The van der Waals surface area contributed by atoms with Gasteiger partial charge in [0, 0.05) is 12.1 Å². The number of benzene rings is 2. The summed E-state index contributed by atoms with van der Waals surface area (Å²) in [6, 6.07) is 14.4. The quantitative estimate of drug-likeness (QED) is 0.618. The largest absolute Gasteiger partial charge is 0.496 e. The third-order valence-corrected chi connectivity index (χ3v) is 4.13. The smallest absolute Gasteiger partial charge is 0.128 e. The molecule has 0 atom stereocenters. The lowest BCUT2D eigenvalue weighted by Gasteiger charge is -2.14. The van der Waals surface area contributed by atoms with Crippen LogP contribution in [0.2, 0.25) is 0 Å². The Balaban J connectivity index is 1.70. The summed E-state index contributed by atoms with van der Waals surface area (Å²) in [6.45, 7) is 1.71. The summed E-state index contributed by atoms with van der Waals surface area (Å²) in [5, 5.41) is 3.47. The Kier molecular flexibility index (Phi) is 5.69. The van der Waals surface area contributed by atoms with Crippen LogP contribution in [-0.4, -0.2) is 30.7 Å². The Morgan fingerprint density at radius 1 is 1.04 bits per heavy atom. The van der Waals surface area contributed by atoms with Crippen molar-refractivity contribution in [2.45, 2.75) is 13.0 Å². The van der Waals surface area contributed by atoms with Gasteiger partial charge in [0.05, 0.1) is 32.4 Å². The number of H-pyrrole nitrogens is 1. The number of nitrogens with one attached hydrogen (secondary N) is 2. The lowest BCUT2D eigenvalue weighted by molar-refractivity contribution is 0.399. The van der Waals surface area contributed by atoms with Crippen molar-refractivity contribution in [3.63, 3.8) is 0 Å². The molecule has 0 aliphatic heterocycles. The summed E-state index contributed by atoms with van der Waals surface area (Å²) >= 11 is 0. The molecule has 0 aliphatic rings. The molecule has 130 valence electrons.